The highest BCUT2D eigenvalue weighted by Crippen LogP contribution is 2.34. The number of hydrogen-bond acceptors (Lipinski definition) is 5. The highest BCUT2D eigenvalue weighted by atomic mass is 35.5. The molecule has 2 amide bonds. The molecule has 2 heterocycles. The zero-order valence-corrected chi connectivity index (χ0v) is 21.0. The Morgan fingerprint density at radius 1 is 1.20 bits per heavy atom. The number of rotatable bonds is 7. The van der Waals surface area contributed by atoms with Gasteiger partial charge in [0.25, 0.3) is 0 Å². The molecule has 1 N–H and O–H groups in total. The zero-order chi connectivity index (χ0) is 25.2. The normalized spacial score (nSPS) is 16.9. The molecular formula is C26H25Cl2N5O2. The van der Waals surface area contributed by atoms with Gasteiger partial charge in [-0.15, -0.1) is 0 Å². The lowest BCUT2D eigenvalue weighted by molar-refractivity contribution is 0.180. The van der Waals surface area contributed by atoms with Crippen LogP contribution in [0.25, 0.3) is 5.57 Å². The Morgan fingerprint density at radius 2 is 2.00 bits per heavy atom. The third-order valence-corrected chi connectivity index (χ3v) is 6.82. The van der Waals surface area contributed by atoms with E-state index < -0.39 is 5.54 Å². The van der Waals surface area contributed by atoms with E-state index in [1.54, 1.807) is 17.0 Å². The number of allylic oxidation sites excluding steroid dienone is 1. The van der Waals surface area contributed by atoms with Crippen LogP contribution < -0.4 is 9.64 Å². The van der Waals surface area contributed by atoms with Gasteiger partial charge in [-0.3, -0.25) is 10.4 Å². The Hall–Kier alpha value is -3.34. The van der Waals surface area contributed by atoms with Crippen LogP contribution in [0.2, 0.25) is 10.0 Å². The lowest BCUT2D eigenvalue weighted by atomic mass is 10.0. The minimum atomic E-state index is -0.812. The summed E-state index contributed by atoms with van der Waals surface area (Å²) in [5.74, 6) is 0.735. The van der Waals surface area contributed by atoms with Gasteiger partial charge in [0.2, 0.25) is 0 Å². The number of dihydropyridines is 1. The molecule has 4 rings (SSSR count). The highest BCUT2D eigenvalue weighted by molar-refractivity contribution is 6.33. The van der Waals surface area contributed by atoms with Crippen LogP contribution in [0.1, 0.15) is 37.8 Å². The smallest absolute Gasteiger partial charge is 0.330 e. The average molecular weight is 510 g/mol. The lowest BCUT2D eigenvalue weighted by Crippen LogP contribution is -2.44. The molecule has 0 aromatic heterocycles. The number of benzene rings is 2. The molecule has 9 heteroatoms. The maximum absolute atomic E-state index is 13.2. The van der Waals surface area contributed by atoms with Gasteiger partial charge in [-0.2, -0.15) is 5.26 Å². The summed E-state index contributed by atoms with van der Waals surface area (Å²) in [7, 11) is 0. The molecule has 1 saturated heterocycles. The summed E-state index contributed by atoms with van der Waals surface area (Å²) in [5, 5.41) is 18.5. The first-order valence-electron chi connectivity index (χ1n) is 11.3. The number of halogens is 2. The molecule has 0 spiro atoms. The fourth-order valence-electron chi connectivity index (χ4n) is 4.15. The van der Waals surface area contributed by atoms with E-state index in [4.69, 9.17) is 38.6 Å². The fraction of sp³-hybridized carbons (Fsp3) is 0.308. The molecule has 2 aromatic rings. The van der Waals surface area contributed by atoms with Gasteiger partial charge in [-0.1, -0.05) is 29.3 Å². The van der Waals surface area contributed by atoms with Crippen LogP contribution in [0.15, 0.2) is 47.5 Å². The quantitative estimate of drug-likeness (QED) is 0.450. The Kier molecular flexibility index (Phi) is 7.15. The number of urea groups is 1. The van der Waals surface area contributed by atoms with Crippen LogP contribution >= 0.6 is 23.2 Å². The van der Waals surface area contributed by atoms with Crippen LogP contribution in [0.5, 0.6) is 5.75 Å². The maximum Gasteiger partial charge on any atom is 0.330 e. The highest BCUT2D eigenvalue weighted by Gasteiger charge is 2.48. The Bertz CT molecular complexity index is 1280. The largest absolute Gasteiger partial charge is 0.492 e. The first-order chi connectivity index (χ1) is 16.7. The zero-order valence-electron chi connectivity index (χ0n) is 19.5. The number of amides is 2. The molecule has 2 aromatic carbocycles. The number of ether oxygens (including phenoxy) is 1. The molecule has 0 radical (unpaired) electrons. The van der Waals surface area contributed by atoms with Gasteiger partial charge in [0, 0.05) is 19.3 Å². The number of hydrogen-bond donors (Lipinski definition) is 1. The SMILES string of the molecule is CC1(C)C(=N)N(c2ccc(C#N)c(Cl)c2)C(=O)N1CCCOc1ccc(C2=CC=NCC2)cc1Cl. The van der Waals surface area contributed by atoms with Crippen molar-refractivity contribution in [3.8, 4) is 11.8 Å². The van der Waals surface area contributed by atoms with Crippen LogP contribution in [-0.4, -0.2) is 48.2 Å². The second-order valence-corrected chi connectivity index (χ2v) is 9.61. The predicted octanol–water partition coefficient (Wildman–Crippen LogP) is 6.19. The molecule has 1 fully saturated rings. The maximum atomic E-state index is 13.2. The Morgan fingerprint density at radius 3 is 2.66 bits per heavy atom. The molecule has 2 aliphatic heterocycles. The number of carbonyl (C=O) groups excluding carboxylic acids is 1. The minimum absolute atomic E-state index is 0.143. The van der Waals surface area contributed by atoms with Crippen molar-refractivity contribution in [2.45, 2.75) is 32.2 Å². The van der Waals surface area contributed by atoms with E-state index in [0.29, 0.717) is 41.6 Å². The predicted molar refractivity (Wildman–Crippen MR) is 140 cm³/mol. The van der Waals surface area contributed by atoms with Gasteiger partial charge in [-0.25, -0.2) is 9.69 Å². The average Bonchev–Trinajstić information content (AvgIpc) is 3.01. The molecule has 180 valence electrons. The number of anilines is 1. The molecule has 35 heavy (non-hydrogen) atoms. The summed E-state index contributed by atoms with van der Waals surface area (Å²) in [4.78, 5) is 20.4. The van der Waals surface area contributed by atoms with Crippen molar-refractivity contribution in [2.75, 3.05) is 24.6 Å². The van der Waals surface area contributed by atoms with E-state index in [1.807, 2.05) is 50.4 Å². The van der Waals surface area contributed by atoms with Crippen molar-refractivity contribution in [1.82, 2.24) is 4.90 Å². The summed E-state index contributed by atoms with van der Waals surface area (Å²) in [6.45, 7) is 5.21. The summed E-state index contributed by atoms with van der Waals surface area (Å²) >= 11 is 12.6. The van der Waals surface area contributed by atoms with Crippen LogP contribution in [0, 0.1) is 16.7 Å². The fourth-order valence-corrected chi connectivity index (χ4v) is 4.61. The molecular weight excluding hydrogens is 485 g/mol. The third kappa shape index (κ3) is 4.90. The van der Waals surface area contributed by atoms with Gasteiger partial charge in [0.1, 0.15) is 17.7 Å². The monoisotopic (exact) mass is 509 g/mol. The van der Waals surface area contributed by atoms with E-state index in [1.165, 1.54) is 16.5 Å². The number of nitrogens with zero attached hydrogens (tertiary/aromatic N) is 4. The van der Waals surface area contributed by atoms with Gasteiger partial charge in [0.05, 0.1) is 33.4 Å². The van der Waals surface area contributed by atoms with Crippen molar-refractivity contribution in [2.24, 2.45) is 4.99 Å². The molecule has 0 unspecified atom stereocenters. The second kappa shape index (κ2) is 10.1. The van der Waals surface area contributed by atoms with Gasteiger partial charge in [-0.05, 0) is 74.2 Å². The molecule has 2 aliphatic rings. The van der Waals surface area contributed by atoms with Crippen LogP contribution in [0.4, 0.5) is 10.5 Å². The standard InChI is InChI=1S/C26H25Cl2N5O2/c1-26(2)24(30)33(20-6-4-19(16-29)21(27)15-20)25(34)32(26)12-3-13-35-23-7-5-18(14-22(23)28)17-8-10-31-11-9-17/h4-8,10,14-15,30H,3,9,11-13H2,1-2H3. The first-order valence-corrected chi connectivity index (χ1v) is 12.0. The van der Waals surface area contributed by atoms with E-state index >= 15 is 0 Å². The van der Waals surface area contributed by atoms with Crippen LogP contribution in [-0.2, 0) is 0 Å². The first kappa shape index (κ1) is 24.8. The topological polar surface area (TPSA) is 92.8 Å². The molecule has 7 nitrogen and oxygen atoms in total. The molecule has 0 bridgehead atoms. The van der Waals surface area contributed by atoms with Gasteiger partial charge < -0.3 is 9.64 Å². The van der Waals surface area contributed by atoms with Crippen molar-refractivity contribution in [3.05, 3.63) is 63.6 Å². The Balaban J connectivity index is 1.39. The third-order valence-electron chi connectivity index (χ3n) is 6.21. The van der Waals surface area contributed by atoms with Crippen molar-refractivity contribution >= 4 is 52.5 Å². The lowest BCUT2D eigenvalue weighted by Gasteiger charge is -2.29. The number of amidine groups is 1. The summed E-state index contributed by atoms with van der Waals surface area (Å²) < 4.78 is 5.89. The number of nitriles is 1. The number of carbonyl (C=O) groups is 1. The summed E-state index contributed by atoms with van der Waals surface area (Å²) in [6, 6.07) is 12.2. The van der Waals surface area contributed by atoms with Crippen LogP contribution in [0.3, 0.4) is 0 Å². The van der Waals surface area contributed by atoms with Crippen molar-refractivity contribution in [1.29, 1.82) is 10.7 Å². The van der Waals surface area contributed by atoms with Crippen molar-refractivity contribution in [3.63, 3.8) is 0 Å². The van der Waals surface area contributed by atoms with E-state index in [2.05, 4.69) is 4.99 Å². The Labute approximate surface area is 214 Å². The van der Waals surface area contributed by atoms with E-state index in [9.17, 15) is 4.79 Å². The van der Waals surface area contributed by atoms with Gasteiger partial charge in [0.15, 0.2) is 0 Å². The minimum Gasteiger partial charge on any atom is -0.492 e. The van der Waals surface area contributed by atoms with Crippen molar-refractivity contribution < 1.29 is 9.53 Å². The molecule has 0 atom stereocenters. The molecule has 0 saturated carbocycles. The number of nitrogens with one attached hydrogen (secondary N) is 1. The summed E-state index contributed by atoms with van der Waals surface area (Å²) in [5.41, 5.74) is 2.21. The van der Waals surface area contributed by atoms with Gasteiger partial charge >= 0.3 is 6.03 Å². The van der Waals surface area contributed by atoms with E-state index in [-0.39, 0.29) is 16.9 Å². The second-order valence-electron chi connectivity index (χ2n) is 8.80. The number of aliphatic imine (C=N–C) groups is 1. The summed E-state index contributed by atoms with van der Waals surface area (Å²) in [6.07, 6.45) is 5.25. The molecule has 0 aliphatic carbocycles. The van der Waals surface area contributed by atoms with E-state index in [0.717, 1.165) is 18.5 Å².